The number of halogens is 1. The van der Waals surface area contributed by atoms with Crippen molar-refractivity contribution in [2.75, 3.05) is 7.05 Å². The average Bonchev–Trinajstić information content (AvgIpc) is 3.06. The number of carbonyl (C=O) groups excluding carboxylic acids is 1. The lowest BCUT2D eigenvalue weighted by Gasteiger charge is -2.28. The lowest BCUT2D eigenvalue weighted by Crippen LogP contribution is -2.41. The number of nitrogens with one attached hydrogen (secondary N) is 1. The van der Waals surface area contributed by atoms with Crippen LogP contribution in [0.25, 0.3) is 0 Å². The van der Waals surface area contributed by atoms with Gasteiger partial charge in [0.25, 0.3) is 0 Å². The highest BCUT2D eigenvalue weighted by Crippen LogP contribution is 2.31. The van der Waals surface area contributed by atoms with Crippen molar-refractivity contribution in [3.05, 3.63) is 53.6 Å². The SMILES string of the molecule is CC(Cc1ccccc1F)N[C@@H]1CC(=O)N(C)[C@H]1c1ccnn1C. The number of carbonyl (C=O) groups is 1. The number of aryl methyl sites for hydroxylation is 1. The van der Waals surface area contributed by atoms with Crippen LogP contribution in [0.4, 0.5) is 4.39 Å². The maximum atomic E-state index is 13.8. The number of hydrogen-bond donors (Lipinski definition) is 1. The van der Waals surface area contributed by atoms with Crippen LogP contribution < -0.4 is 5.32 Å². The predicted octanol–water partition coefficient (Wildman–Crippen LogP) is 2.05. The molecular formula is C18H23FN4O. The minimum atomic E-state index is -0.186. The van der Waals surface area contributed by atoms with E-state index in [0.29, 0.717) is 18.4 Å². The van der Waals surface area contributed by atoms with Crippen LogP contribution in [0, 0.1) is 5.82 Å². The molecule has 6 heteroatoms. The third-order valence-electron chi connectivity index (χ3n) is 4.73. The Balaban J connectivity index is 1.74. The quantitative estimate of drug-likeness (QED) is 0.913. The molecule has 1 aliphatic rings. The van der Waals surface area contributed by atoms with Crippen molar-refractivity contribution in [2.24, 2.45) is 7.05 Å². The third-order valence-corrected chi connectivity index (χ3v) is 4.73. The van der Waals surface area contributed by atoms with Crippen molar-refractivity contribution in [2.45, 2.75) is 37.9 Å². The van der Waals surface area contributed by atoms with Crippen molar-refractivity contribution in [3.8, 4) is 0 Å². The van der Waals surface area contributed by atoms with E-state index in [4.69, 9.17) is 0 Å². The molecule has 24 heavy (non-hydrogen) atoms. The summed E-state index contributed by atoms with van der Waals surface area (Å²) >= 11 is 0. The van der Waals surface area contributed by atoms with E-state index in [2.05, 4.69) is 10.4 Å². The molecule has 0 bridgehead atoms. The van der Waals surface area contributed by atoms with Gasteiger partial charge in [-0.05, 0) is 31.0 Å². The molecule has 1 unspecified atom stereocenters. The highest BCUT2D eigenvalue weighted by Gasteiger charge is 2.40. The highest BCUT2D eigenvalue weighted by atomic mass is 19.1. The number of aromatic nitrogens is 2. The Bertz CT molecular complexity index is 729. The van der Waals surface area contributed by atoms with E-state index in [9.17, 15) is 9.18 Å². The predicted molar refractivity (Wildman–Crippen MR) is 89.8 cm³/mol. The summed E-state index contributed by atoms with van der Waals surface area (Å²) in [7, 11) is 3.70. The van der Waals surface area contributed by atoms with Crippen LogP contribution in [-0.2, 0) is 18.3 Å². The summed E-state index contributed by atoms with van der Waals surface area (Å²) in [5.74, 6) is -0.0780. The molecule has 2 heterocycles. The molecule has 1 aromatic carbocycles. The molecule has 0 spiro atoms. The molecule has 2 aromatic rings. The molecule has 1 N–H and O–H groups in total. The fourth-order valence-electron chi connectivity index (χ4n) is 3.52. The van der Waals surface area contributed by atoms with E-state index < -0.39 is 0 Å². The molecule has 1 fully saturated rings. The van der Waals surface area contributed by atoms with Gasteiger partial charge in [-0.25, -0.2) is 4.39 Å². The molecule has 1 aromatic heterocycles. The van der Waals surface area contributed by atoms with Crippen LogP contribution in [0.2, 0.25) is 0 Å². The van der Waals surface area contributed by atoms with Crippen LogP contribution in [0.1, 0.15) is 30.6 Å². The first-order valence-electron chi connectivity index (χ1n) is 8.20. The number of likely N-dealkylation sites (tertiary alicyclic amines) is 1. The van der Waals surface area contributed by atoms with Gasteiger partial charge in [-0.3, -0.25) is 9.48 Å². The second-order valence-electron chi connectivity index (χ2n) is 6.50. The Hall–Kier alpha value is -2.21. The molecule has 3 rings (SSSR count). The monoisotopic (exact) mass is 330 g/mol. The van der Waals surface area contributed by atoms with Gasteiger partial charge in [0.2, 0.25) is 5.91 Å². The first-order valence-corrected chi connectivity index (χ1v) is 8.20. The van der Waals surface area contributed by atoms with Gasteiger partial charge in [-0.1, -0.05) is 18.2 Å². The average molecular weight is 330 g/mol. The smallest absolute Gasteiger partial charge is 0.224 e. The van der Waals surface area contributed by atoms with Gasteiger partial charge < -0.3 is 10.2 Å². The normalized spacial score (nSPS) is 22.2. The Labute approximate surface area is 141 Å². The van der Waals surface area contributed by atoms with E-state index in [-0.39, 0.29) is 29.8 Å². The molecule has 1 saturated heterocycles. The number of rotatable bonds is 5. The molecule has 1 amide bonds. The van der Waals surface area contributed by atoms with Crippen LogP contribution in [0.15, 0.2) is 36.5 Å². The van der Waals surface area contributed by atoms with Gasteiger partial charge in [-0.2, -0.15) is 5.10 Å². The molecule has 1 aliphatic heterocycles. The minimum Gasteiger partial charge on any atom is -0.336 e. The number of amides is 1. The zero-order valence-corrected chi connectivity index (χ0v) is 14.2. The summed E-state index contributed by atoms with van der Waals surface area (Å²) in [6, 6.07) is 8.74. The molecule has 0 radical (unpaired) electrons. The standard InChI is InChI=1S/C18H23FN4O/c1-12(10-13-6-4-5-7-14(13)19)21-15-11-17(24)22(2)18(15)16-8-9-20-23(16)3/h4-9,12,15,18,21H,10-11H2,1-3H3/t12?,15-,18-/m1/s1. The fourth-order valence-corrected chi connectivity index (χ4v) is 3.52. The van der Waals surface area contributed by atoms with Crippen LogP contribution in [0.3, 0.4) is 0 Å². The van der Waals surface area contributed by atoms with E-state index >= 15 is 0 Å². The lowest BCUT2D eigenvalue weighted by atomic mass is 10.0. The van der Waals surface area contributed by atoms with Crippen molar-refractivity contribution >= 4 is 5.91 Å². The van der Waals surface area contributed by atoms with Crippen LogP contribution in [-0.4, -0.2) is 39.7 Å². The maximum absolute atomic E-state index is 13.8. The Morgan fingerprint density at radius 3 is 2.75 bits per heavy atom. The third kappa shape index (κ3) is 3.19. The van der Waals surface area contributed by atoms with Crippen molar-refractivity contribution in [1.29, 1.82) is 0 Å². The summed E-state index contributed by atoms with van der Waals surface area (Å²) in [6.07, 6.45) is 2.76. The lowest BCUT2D eigenvalue weighted by molar-refractivity contribution is -0.127. The number of benzene rings is 1. The Kier molecular flexibility index (Phi) is 4.66. The summed E-state index contributed by atoms with van der Waals surface area (Å²) < 4.78 is 15.6. The zero-order valence-electron chi connectivity index (χ0n) is 14.2. The van der Waals surface area contributed by atoms with Gasteiger partial charge in [0.15, 0.2) is 0 Å². The number of nitrogens with zero attached hydrogens (tertiary/aromatic N) is 3. The molecule has 0 aliphatic carbocycles. The molecule has 0 saturated carbocycles. The van der Waals surface area contributed by atoms with Crippen molar-refractivity contribution in [3.63, 3.8) is 0 Å². The summed E-state index contributed by atoms with van der Waals surface area (Å²) in [4.78, 5) is 14.0. The van der Waals surface area contributed by atoms with E-state index in [1.165, 1.54) is 6.07 Å². The first-order chi connectivity index (χ1) is 11.5. The zero-order chi connectivity index (χ0) is 17.3. The maximum Gasteiger partial charge on any atom is 0.224 e. The van der Waals surface area contributed by atoms with E-state index in [1.807, 2.05) is 33.2 Å². The van der Waals surface area contributed by atoms with Crippen LogP contribution in [0.5, 0.6) is 0 Å². The summed E-state index contributed by atoms with van der Waals surface area (Å²) in [6.45, 7) is 2.02. The van der Waals surface area contributed by atoms with Gasteiger partial charge in [0, 0.05) is 38.8 Å². The van der Waals surface area contributed by atoms with Gasteiger partial charge >= 0.3 is 0 Å². The van der Waals surface area contributed by atoms with Crippen molar-refractivity contribution in [1.82, 2.24) is 20.0 Å². The van der Waals surface area contributed by atoms with E-state index in [1.54, 1.807) is 27.9 Å². The number of likely N-dealkylation sites (N-methyl/N-ethyl adjacent to an activating group) is 1. The largest absolute Gasteiger partial charge is 0.336 e. The molecule has 5 nitrogen and oxygen atoms in total. The van der Waals surface area contributed by atoms with Gasteiger partial charge in [0.1, 0.15) is 5.82 Å². The topological polar surface area (TPSA) is 50.2 Å². The fraction of sp³-hybridized carbons (Fsp3) is 0.444. The molecule has 128 valence electrons. The highest BCUT2D eigenvalue weighted by molar-refractivity contribution is 5.80. The summed E-state index contributed by atoms with van der Waals surface area (Å²) in [5.41, 5.74) is 1.69. The first kappa shape index (κ1) is 16.6. The molecule has 3 atom stereocenters. The van der Waals surface area contributed by atoms with Crippen LogP contribution >= 0.6 is 0 Å². The second-order valence-corrected chi connectivity index (χ2v) is 6.50. The Morgan fingerprint density at radius 1 is 1.33 bits per heavy atom. The van der Waals surface area contributed by atoms with Gasteiger partial charge in [0.05, 0.1) is 11.7 Å². The second kappa shape index (κ2) is 6.73. The Morgan fingerprint density at radius 2 is 2.08 bits per heavy atom. The minimum absolute atomic E-state index is 0.0142. The summed E-state index contributed by atoms with van der Waals surface area (Å²) in [5, 5.41) is 7.73. The van der Waals surface area contributed by atoms with Gasteiger partial charge in [-0.15, -0.1) is 0 Å². The van der Waals surface area contributed by atoms with Crippen molar-refractivity contribution < 1.29 is 9.18 Å². The van der Waals surface area contributed by atoms with E-state index in [0.717, 1.165) is 5.69 Å². The number of hydrogen-bond acceptors (Lipinski definition) is 3. The molecular weight excluding hydrogens is 307 g/mol.